The van der Waals surface area contributed by atoms with E-state index in [4.69, 9.17) is 14.2 Å². The number of esters is 1. The van der Waals surface area contributed by atoms with Crippen molar-refractivity contribution < 1.29 is 33.7 Å². The average molecular weight is 463 g/mol. The molecule has 0 bridgehead atoms. The van der Waals surface area contributed by atoms with Gasteiger partial charge < -0.3 is 29.1 Å². The number of hydrogen-bond acceptors (Lipinski definition) is 9. The van der Waals surface area contributed by atoms with Crippen molar-refractivity contribution >= 4 is 23.9 Å². The summed E-state index contributed by atoms with van der Waals surface area (Å²) in [7, 11) is 0. The number of rotatable bonds is 6. The Bertz CT molecular complexity index is 912. The number of benzene rings is 1. The highest BCUT2D eigenvalue weighted by molar-refractivity contribution is 6.08. The van der Waals surface area contributed by atoms with Gasteiger partial charge in [-0.25, -0.2) is 9.79 Å². The average Bonchev–Trinajstić information content (AvgIpc) is 2.80. The molecule has 3 rings (SSSR count). The monoisotopic (exact) mass is 462 g/mol. The Hall–Kier alpha value is -3.50. The van der Waals surface area contributed by atoms with Crippen LogP contribution in [0.15, 0.2) is 23.2 Å². The minimum Gasteiger partial charge on any atom is -0.504 e. The Morgan fingerprint density at radius 3 is 2.42 bits per heavy atom. The highest BCUT2D eigenvalue weighted by Gasteiger charge is 2.42. The number of phenolic OH excluding ortho intramolecular Hbond substituents is 1. The summed E-state index contributed by atoms with van der Waals surface area (Å²) >= 11 is 0. The Kier molecular flexibility index (Phi) is 7.96. The van der Waals surface area contributed by atoms with Crippen molar-refractivity contribution in [2.75, 3.05) is 46.0 Å². The van der Waals surface area contributed by atoms with Crippen molar-refractivity contribution in [3.05, 3.63) is 23.8 Å². The second-order valence-corrected chi connectivity index (χ2v) is 7.45. The number of aromatic hydroxyl groups is 1. The molecular formula is C22H30N4O7. The quantitative estimate of drug-likeness (QED) is 0.478. The molecule has 0 spiro atoms. The number of piperazine rings is 1. The van der Waals surface area contributed by atoms with Crippen LogP contribution in [0.2, 0.25) is 0 Å². The third-order valence-electron chi connectivity index (χ3n) is 5.37. The van der Waals surface area contributed by atoms with E-state index >= 15 is 0 Å². The van der Waals surface area contributed by atoms with E-state index in [9.17, 15) is 19.5 Å². The summed E-state index contributed by atoms with van der Waals surface area (Å²) in [6.45, 7) is 7.66. The first kappa shape index (κ1) is 24.1. The number of phenols is 1. The Morgan fingerprint density at radius 1 is 1.09 bits per heavy atom. The van der Waals surface area contributed by atoms with Crippen LogP contribution in [-0.4, -0.2) is 84.8 Å². The molecule has 2 heterocycles. The number of aliphatic imine (C=N–C) groups is 1. The van der Waals surface area contributed by atoms with E-state index in [1.54, 1.807) is 37.8 Å². The van der Waals surface area contributed by atoms with Crippen molar-refractivity contribution in [2.24, 2.45) is 10.9 Å². The fourth-order valence-electron chi connectivity index (χ4n) is 3.77. The van der Waals surface area contributed by atoms with Crippen LogP contribution in [0.25, 0.3) is 0 Å². The van der Waals surface area contributed by atoms with Crippen molar-refractivity contribution in [1.82, 2.24) is 15.1 Å². The van der Waals surface area contributed by atoms with E-state index < -0.39 is 23.8 Å². The molecule has 0 aliphatic carbocycles. The van der Waals surface area contributed by atoms with E-state index in [1.807, 2.05) is 4.90 Å². The molecular weight excluding hydrogens is 432 g/mol. The summed E-state index contributed by atoms with van der Waals surface area (Å²) in [6, 6.07) is 3.76. The predicted octanol–water partition coefficient (Wildman–Crippen LogP) is 1.27. The number of amides is 2. The van der Waals surface area contributed by atoms with Gasteiger partial charge in [-0.05, 0) is 38.5 Å². The predicted molar refractivity (Wildman–Crippen MR) is 118 cm³/mol. The van der Waals surface area contributed by atoms with Crippen LogP contribution in [0.5, 0.6) is 11.5 Å². The molecule has 0 unspecified atom stereocenters. The van der Waals surface area contributed by atoms with E-state index in [0.29, 0.717) is 50.9 Å². The highest BCUT2D eigenvalue weighted by atomic mass is 16.6. The molecule has 33 heavy (non-hydrogen) atoms. The Morgan fingerprint density at radius 2 is 1.79 bits per heavy atom. The van der Waals surface area contributed by atoms with Crippen LogP contribution in [0.4, 0.5) is 4.79 Å². The number of nitrogens with zero attached hydrogens (tertiary/aromatic N) is 3. The van der Waals surface area contributed by atoms with Crippen molar-refractivity contribution in [3.63, 3.8) is 0 Å². The zero-order valence-corrected chi connectivity index (χ0v) is 19.1. The van der Waals surface area contributed by atoms with Crippen LogP contribution in [0.1, 0.15) is 32.4 Å². The summed E-state index contributed by atoms with van der Waals surface area (Å²) in [5.41, 5.74) is 0.534. The summed E-state index contributed by atoms with van der Waals surface area (Å²) in [6.07, 6.45) is -0.375. The molecule has 2 amide bonds. The van der Waals surface area contributed by atoms with Crippen LogP contribution < -0.4 is 10.1 Å². The number of nitrogens with one attached hydrogen (secondary N) is 1. The SMILES string of the molecule is CCOC(=O)[C@@H]1C(=O)NC(N2CCN(C(=O)OCC)CC2)=N[C@H]1c1ccc(O)c(OCC)c1. The fourth-order valence-corrected chi connectivity index (χ4v) is 3.77. The third-order valence-corrected chi connectivity index (χ3v) is 5.37. The van der Waals surface area contributed by atoms with E-state index in [0.717, 1.165) is 0 Å². The number of carbonyl (C=O) groups is 3. The minimum atomic E-state index is -1.19. The van der Waals surface area contributed by atoms with Gasteiger partial charge in [-0.3, -0.25) is 14.9 Å². The van der Waals surface area contributed by atoms with Gasteiger partial charge in [0.05, 0.1) is 19.8 Å². The first-order valence-corrected chi connectivity index (χ1v) is 11.1. The maximum Gasteiger partial charge on any atom is 0.409 e. The van der Waals surface area contributed by atoms with Crippen LogP contribution in [-0.2, 0) is 19.1 Å². The highest BCUT2D eigenvalue weighted by Crippen LogP contribution is 2.36. The van der Waals surface area contributed by atoms with Gasteiger partial charge in [0.2, 0.25) is 11.9 Å². The molecule has 2 aliphatic rings. The molecule has 0 saturated carbocycles. The standard InChI is InChI=1S/C22H30N4O7/c1-4-31-16-13-14(7-8-15(16)27)18-17(20(29)32-5-2)19(28)24-21(23-18)25-9-11-26(12-10-25)22(30)33-6-3/h7-8,13,17-18,27H,4-6,9-12H2,1-3H3,(H,23,24,28)/t17-,18-/m0/s1. The maximum atomic E-state index is 13.0. The summed E-state index contributed by atoms with van der Waals surface area (Å²) in [5, 5.41) is 12.8. The van der Waals surface area contributed by atoms with E-state index in [2.05, 4.69) is 10.3 Å². The third kappa shape index (κ3) is 5.47. The van der Waals surface area contributed by atoms with Gasteiger partial charge in [-0.1, -0.05) is 6.07 Å². The number of hydrogen-bond donors (Lipinski definition) is 2. The molecule has 1 saturated heterocycles. The largest absolute Gasteiger partial charge is 0.504 e. The van der Waals surface area contributed by atoms with E-state index in [1.165, 1.54) is 6.07 Å². The molecule has 1 aromatic rings. The molecule has 2 atom stereocenters. The van der Waals surface area contributed by atoms with Gasteiger partial charge >= 0.3 is 12.1 Å². The van der Waals surface area contributed by atoms with Gasteiger partial charge in [0, 0.05) is 26.2 Å². The molecule has 2 aliphatic heterocycles. The zero-order chi connectivity index (χ0) is 24.0. The Balaban J connectivity index is 1.89. The molecule has 0 aromatic heterocycles. The number of carbonyl (C=O) groups excluding carboxylic acids is 3. The smallest absolute Gasteiger partial charge is 0.409 e. The van der Waals surface area contributed by atoms with Gasteiger partial charge in [0.25, 0.3) is 0 Å². The molecule has 11 heteroatoms. The number of ether oxygens (including phenoxy) is 3. The fraction of sp³-hybridized carbons (Fsp3) is 0.545. The molecule has 180 valence electrons. The first-order chi connectivity index (χ1) is 15.9. The van der Waals surface area contributed by atoms with E-state index in [-0.39, 0.29) is 24.2 Å². The van der Waals surface area contributed by atoms with Crippen molar-refractivity contribution in [3.8, 4) is 11.5 Å². The summed E-state index contributed by atoms with van der Waals surface area (Å²) in [4.78, 5) is 45.7. The van der Waals surface area contributed by atoms with Gasteiger partial charge in [-0.15, -0.1) is 0 Å². The normalized spacial score (nSPS) is 20.6. The lowest BCUT2D eigenvalue weighted by Crippen LogP contribution is -2.58. The zero-order valence-electron chi connectivity index (χ0n) is 19.1. The lowest BCUT2D eigenvalue weighted by molar-refractivity contribution is -0.153. The van der Waals surface area contributed by atoms with Crippen molar-refractivity contribution in [1.29, 1.82) is 0 Å². The second-order valence-electron chi connectivity index (χ2n) is 7.45. The van der Waals surface area contributed by atoms with Crippen LogP contribution in [0.3, 0.4) is 0 Å². The van der Waals surface area contributed by atoms with Crippen molar-refractivity contribution in [2.45, 2.75) is 26.8 Å². The molecule has 11 nitrogen and oxygen atoms in total. The number of guanidine groups is 1. The summed E-state index contributed by atoms with van der Waals surface area (Å²) < 4.78 is 15.6. The topological polar surface area (TPSA) is 130 Å². The minimum absolute atomic E-state index is 0.0483. The van der Waals surface area contributed by atoms with Gasteiger partial charge in [-0.2, -0.15) is 0 Å². The second kappa shape index (κ2) is 10.9. The first-order valence-electron chi connectivity index (χ1n) is 11.1. The maximum absolute atomic E-state index is 13.0. The molecule has 2 N–H and O–H groups in total. The lowest BCUT2D eigenvalue weighted by Gasteiger charge is -2.38. The van der Waals surface area contributed by atoms with Gasteiger partial charge in [0.1, 0.15) is 6.04 Å². The van der Waals surface area contributed by atoms with Gasteiger partial charge in [0.15, 0.2) is 17.4 Å². The molecule has 0 radical (unpaired) electrons. The lowest BCUT2D eigenvalue weighted by atomic mass is 9.91. The molecule has 1 fully saturated rings. The van der Waals surface area contributed by atoms with Crippen LogP contribution in [0, 0.1) is 5.92 Å². The summed E-state index contributed by atoms with van der Waals surface area (Å²) in [5.74, 6) is -1.88. The van der Waals surface area contributed by atoms with Crippen LogP contribution >= 0.6 is 0 Å². The Labute approximate surface area is 192 Å². The molecule has 1 aromatic carbocycles.